The first-order valence-corrected chi connectivity index (χ1v) is 12.5. The lowest BCUT2D eigenvalue weighted by molar-refractivity contribution is -0.139. The molecular weight excluding hydrogens is 451 g/mol. The molecule has 0 saturated carbocycles. The molecule has 3 aromatic rings. The Morgan fingerprint density at radius 1 is 1.35 bits per heavy atom. The van der Waals surface area contributed by atoms with E-state index in [-0.39, 0.29) is 18.2 Å². The number of fused-ring (bicyclic) bond motifs is 1. The van der Waals surface area contributed by atoms with Crippen molar-refractivity contribution in [3.63, 3.8) is 0 Å². The van der Waals surface area contributed by atoms with Gasteiger partial charge in [-0.15, -0.1) is 0 Å². The van der Waals surface area contributed by atoms with E-state index < -0.39 is 5.97 Å². The van der Waals surface area contributed by atoms with E-state index in [1.807, 2.05) is 35.0 Å². The summed E-state index contributed by atoms with van der Waals surface area (Å²) in [4.78, 5) is 18.0. The zero-order valence-electron chi connectivity index (χ0n) is 19.3. The van der Waals surface area contributed by atoms with Gasteiger partial charge in [0.2, 0.25) is 0 Å². The molecule has 7 heteroatoms. The van der Waals surface area contributed by atoms with Crippen LogP contribution in [0.3, 0.4) is 0 Å². The highest BCUT2D eigenvalue weighted by molar-refractivity contribution is 7.08. The molecule has 0 amide bonds. The van der Waals surface area contributed by atoms with Crippen molar-refractivity contribution in [3.05, 3.63) is 58.2 Å². The predicted octanol–water partition coefficient (Wildman–Crippen LogP) is 5.23. The van der Waals surface area contributed by atoms with Crippen LogP contribution >= 0.6 is 11.3 Å². The number of hydrogen-bond acceptors (Lipinski definition) is 5. The average molecular weight is 481 g/mol. The predicted molar refractivity (Wildman–Crippen MR) is 133 cm³/mol. The Hall–Kier alpha value is -2.95. The molecule has 1 aliphatic heterocycles. The number of pyridine rings is 1. The van der Waals surface area contributed by atoms with Gasteiger partial charge in [0, 0.05) is 29.3 Å². The van der Waals surface area contributed by atoms with Gasteiger partial charge in [0.05, 0.1) is 25.4 Å². The zero-order valence-corrected chi connectivity index (χ0v) is 20.1. The molecule has 1 N–H and O–H groups in total. The van der Waals surface area contributed by atoms with E-state index in [0.29, 0.717) is 30.2 Å². The molecule has 3 heterocycles. The number of carbonyl (C=O) groups is 1. The topological polar surface area (TPSA) is 62.7 Å². The summed E-state index contributed by atoms with van der Waals surface area (Å²) in [6, 6.07) is 7.51. The standard InChI is InChI=1S/C27H29FN2O3S/c1-33-22-7-8-26-24(15-22)23(25(28)16-29-26)6-2-5-20-9-12-30(17-21(20)14-27(31)32)11-3-4-19-10-13-34-18-19/h7-8,10,13,15-16,18,20-21H,2,5-6,9,11-12,14,17H2,1H3,(H,31,32). The van der Waals surface area contributed by atoms with Gasteiger partial charge >= 0.3 is 5.97 Å². The van der Waals surface area contributed by atoms with Crippen molar-refractivity contribution >= 4 is 28.2 Å². The fourth-order valence-corrected chi connectivity index (χ4v) is 5.44. The number of aliphatic carboxylic acids is 1. The molecule has 2 unspecified atom stereocenters. The Balaban J connectivity index is 1.38. The van der Waals surface area contributed by atoms with Gasteiger partial charge in [0.1, 0.15) is 11.6 Å². The van der Waals surface area contributed by atoms with Crippen LogP contribution in [0.2, 0.25) is 0 Å². The molecule has 0 bridgehead atoms. The number of piperidine rings is 1. The normalized spacial score (nSPS) is 18.4. The van der Waals surface area contributed by atoms with Gasteiger partial charge in [-0.2, -0.15) is 11.3 Å². The Morgan fingerprint density at radius 3 is 3.00 bits per heavy atom. The van der Waals surface area contributed by atoms with Crippen LogP contribution in [0.4, 0.5) is 4.39 Å². The number of thiophene rings is 1. The minimum Gasteiger partial charge on any atom is -0.497 e. The molecule has 0 spiro atoms. The summed E-state index contributed by atoms with van der Waals surface area (Å²) >= 11 is 1.63. The fourth-order valence-electron chi connectivity index (χ4n) is 4.85. The highest BCUT2D eigenvalue weighted by Gasteiger charge is 2.30. The summed E-state index contributed by atoms with van der Waals surface area (Å²) in [7, 11) is 1.59. The Bertz CT molecular complexity index is 1190. The van der Waals surface area contributed by atoms with Gasteiger partial charge in [-0.25, -0.2) is 4.39 Å². The van der Waals surface area contributed by atoms with Crippen LogP contribution in [0.15, 0.2) is 41.2 Å². The van der Waals surface area contributed by atoms with Crippen molar-refractivity contribution in [1.29, 1.82) is 0 Å². The van der Waals surface area contributed by atoms with Crippen molar-refractivity contribution in [2.24, 2.45) is 11.8 Å². The number of aromatic nitrogens is 1. The third-order valence-electron chi connectivity index (χ3n) is 6.60. The number of ether oxygens (including phenoxy) is 1. The Kier molecular flexibility index (Phi) is 8.15. The average Bonchev–Trinajstić information content (AvgIpc) is 3.34. The number of carboxylic acids is 1. The molecule has 1 fully saturated rings. The van der Waals surface area contributed by atoms with Crippen molar-refractivity contribution in [2.75, 3.05) is 26.7 Å². The van der Waals surface area contributed by atoms with E-state index >= 15 is 0 Å². The second-order valence-corrected chi connectivity index (χ2v) is 9.60. The molecule has 0 radical (unpaired) electrons. The number of likely N-dealkylation sites (tertiary alicyclic amines) is 1. The summed E-state index contributed by atoms with van der Waals surface area (Å²) < 4.78 is 19.9. The molecule has 2 aromatic heterocycles. The summed E-state index contributed by atoms with van der Waals surface area (Å²) in [5.74, 6) is 6.39. The quantitative estimate of drug-likeness (QED) is 0.447. The largest absolute Gasteiger partial charge is 0.497 e. The smallest absolute Gasteiger partial charge is 0.303 e. The van der Waals surface area contributed by atoms with Gasteiger partial charge in [-0.3, -0.25) is 14.7 Å². The number of hydrogen-bond donors (Lipinski definition) is 1. The van der Waals surface area contributed by atoms with Crippen molar-refractivity contribution in [1.82, 2.24) is 9.88 Å². The van der Waals surface area contributed by atoms with Gasteiger partial charge in [-0.05, 0) is 79.3 Å². The molecule has 0 aliphatic carbocycles. The van der Waals surface area contributed by atoms with Crippen LogP contribution in [0.25, 0.3) is 10.9 Å². The molecular formula is C27H29FN2O3S. The van der Waals surface area contributed by atoms with Crippen LogP contribution < -0.4 is 4.74 Å². The number of rotatable bonds is 8. The van der Waals surface area contributed by atoms with Crippen molar-refractivity contribution < 1.29 is 19.0 Å². The summed E-state index contributed by atoms with van der Waals surface area (Å²) in [5.41, 5.74) is 2.42. The first-order valence-electron chi connectivity index (χ1n) is 11.6. The van der Waals surface area contributed by atoms with Crippen molar-refractivity contribution in [3.8, 4) is 17.6 Å². The number of nitrogens with zero attached hydrogens (tertiary/aromatic N) is 2. The van der Waals surface area contributed by atoms with Crippen LogP contribution in [0.5, 0.6) is 5.75 Å². The maximum Gasteiger partial charge on any atom is 0.303 e. The molecule has 5 nitrogen and oxygen atoms in total. The third-order valence-corrected chi connectivity index (χ3v) is 7.29. The first kappa shape index (κ1) is 24.2. The fraction of sp³-hybridized carbons (Fsp3) is 0.407. The number of halogens is 1. The SMILES string of the molecule is COc1ccc2ncc(F)c(CCCC3CCN(CC#Cc4ccsc4)CC3CC(=O)O)c2c1. The van der Waals surface area contributed by atoms with E-state index in [2.05, 4.69) is 21.7 Å². The monoisotopic (exact) mass is 480 g/mol. The number of aryl methyl sites for hydroxylation is 1. The highest BCUT2D eigenvalue weighted by Crippen LogP contribution is 2.32. The molecule has 34 heavy (non-hydrogen) atoms. The lowest BCUT2D eigenvalue weighted by Gasteiger charge is -2.37. The first-order chi connectivity index (χ1) is 16.5. The van der Waals surface area contributed by atoms with Gasteiger partial charge in [-0.1, -0.05) is 11.8 Å². The van der Waals surface area contributed by atoms with E-state index in [1.54, 1.807) is 18.4 Å². The van der Waals surface area contributed by atoms with Crippen molar-refractivity contribution in [2.45, 2.75) is 32.1 Å². The number of benzene rings is 1. The van der Waals surface area contributed by atoms with Crippen LogP contribution in [-0.4, -0.2) is 47.7 Å². The van der Waals surface area contributed by atoms with Gasteiger partial charge in [0.15, 0.2) is 0 Å². The zero-order chi connectivity index (χ0) is 23.9. The molecule has 4 rings (SSSR count). The van der Waals surface area contributed by atoms with Crippen LogP contribution in [0.1, 0.15) is 36.8 Å². The summed E-state index contributed by atoms with van der Waals surface area (Å²) in [5, 5.41) is 14.3. The highest BCUT2D eigenvalue weighted by atomic mass is 32.1. The van der Waals surface area contributed by atoms with Gasteiger partial charge < -0.3 is 9.84 Å². The minimum absolute atomic E-state index is 0.0772. The van der Waals surface area contributed by atoms with Crippen LogP contribution in [-0.2, 0) is 11.2 Å². The molecule has 178 valence electrons. The Labute approximate surface area is 203 Å². The summed E-state index contributed by atoms with van der Waals surface area (Å²) in [6.45, 7) is 2.29. The van der Waals surface area contributed by atoms with E-state index in [0.717, 1.165) is 48.8 Å². The molecule has 1 aromatic carbocycles. The minimum atomic E-state index is -0.764. The van der Waals surface area contributed by atoms with Gasteiger partial charge in [0.25, 0.3) is 0 Å². The maximum atomic E-state index is 14.6. The Morgan fingerprint density at radius 2 is 2.24 bits per heavy atom. The second-order valence-electron chi connectivity index (χ2n) is 8.82. The lowest BCUT2D eigenvalue weighted by Crippen LogP contribution is -2.41. The number of methoxy groups -OCH3 is 1. The molecule has 1 saturated heterocycles. The van der Waals surface area contributed by atoms with Crippen LogP contribution in [0, 0.1) is 29.5 Å². The van der Waals surface area contributed by atoms with E-state index in [9.17, 15) is 14.3 Å². The van der Waals surface area contributed by atoms with E-state index in [1.165, 1.54) is 6.20 Å². The number of carboxylic acid groups (broad SMARTS) is 1. The molecule has 1 aliphatic rings. The maximum absolute atomic E-state index is 14.6. The summed E-state index contributed by atoms with van der Waals surface area (Å²) in [6.07, 6.45) is 4.64. The lowest BCUT2D eigenvalue weighted by atomic mass is 9.80. The molecule has 2 atom stereocenters. The second kappa shape index (κ2) is 11.5. The third kappa shape index (κ3) is 6.13. The van der Waals surface area contributed by atoms with E-state index in [4.69, 9.17) is 4.74 Å².